The summed E-state index contributed by atoms with van der Waals surface area (Å²) in [5, 5.41) is 9.48. The molecule has 2 aromatic carbocycles. The van der Waals surface area contributed by atoms with E-state index >= 15 is 0 Å². The maximum atomic E-state index is 14.2. The Morgan fingerprint density at radius 2 is 1.84 bits per heavy atom. The summed E-state index contributed by atoms with van der Waals surface area (Å²) in [6.07, 6.45) is 5.02. The number of nitrogens with one attached hydrogen (secondary N) is 1. The van der Waals surface area contributed by atoms with Crippen LogP contribution >= 0.6 is 11.3 Å². The zero-order chi connectivity index (χ0) is 25.4. The fraction of sp³-hybridized carbons (Fsp3) is 0.185. The molecule has 186 valence electrons. The average Bonchev–Trinajstić information content (AvgIpc) is 3.53. The van der Waals surface area contributed by atoms with Gasteiger partial charge in [-0.05, 0) is 48.6 Å². The van der Waals surface area contributed by atoms with Crippen LogP contribution in [0, 0.1) is 5.82 Å². The number of benzene rings is 2. The second kappa shape index (κ2) is 9.62. The zero-order valence-electron chi connectivity index (χ0n) is 19.9. The van der Waals surface area contributed by atoms with Crippen molar-refractivity contribution in [3.8, 4) is 22.4 Å². The van der Waals surface area contributed by atoms with E-state index < -0.39 is 5.91 Å². The smallest absolute Gasteiger partial charge is 0.306 e. The van der Waals surface area contributed by atoms with E-state index in [9.17, 15) is 9.18 Å². The number of halogens is 1. The molecule has 1 saturated heterocycles. The number of rotatable bonds is 5. The molecule has 3 N–H and O–H groups in total. The number of nitrogens with two attached hydrogens (primary N) is 1. The third-order valence-corrected chi connectivity index (χ3v) is 7.52. The second-order valence-corrected chi connectivity index (χ2v) is 9.91. The van der Waals surface area contributed by atoms with Gasteiger partial charge >= 0.3 is 5.88 Å². The predicted molar refractivity (Wildman–Crippen MR) is 141 cm³/mol. The highest BCUT2D eigenvalue weighted by Gasteiger charge is 2.26. The molecule has 8 nitrogen and oxygen atoms in total. The lowest BCUT2D eigenvalue weighted by atomic mass is 9.99. The van der Waals surface area contributed by atoms with Gasteiger partial charge in [0.25, 0.3) is 12.1 Å². The van der Waals surface area contributed by atoms with Crippen molar-refractivity contribution in [2.45, 2.75) is 19.3 Å². The fourth-order valence-corrected chi connectivity index (χ4v) is 5.62. The van der Waals surface area contributed by atoms with Crippen LogP contribution in [0.1, 0.15) is 28.9 Å². The summed E-state index contributed by atoms with van der Waals surface area (Å²) in [7, 11) is 0. The first-order chi connectivity index (χ1) is 18.1. The summed E-state index contributed by atoms with van der Waals surface area (Å²) in [6.45, 7) is 1.76. The summed E-state index contributed by atoms with van der Waals surface area (Å²) < 4.78 is 19.5. The van der Waals surface area contributed by atoms with Gasteiger partial charge in [-0.25, -0.2) is 9.37 Å². The van der Waals surface area contributed by atoms with Crippen molar-refractivity contribution >= 4 is 39.0 Å². The van der Waals surface area contributed by atoms with Crippen LogP contribution in [-0.4, -0.2) is 29.3 Å². The molecule has 0 atom stereocenters. The van der Waals surface area contributed by atoms with Crippen molar-refractivity contribution in [1.29, 1.82) is 0 Å². The molecule has 1 amide bonds. The minimum absolute atomic E-state index is 0.218. The molecule has 0 saturated carbocycles. The van der Waals surface area contributed by atoms with Crippen LogP contribution in [0.3, 0.4) is 0 Å². The van der Waals surface area contributed by atoms with E-state index in [1.54, 1.807) is 17.1 Å². The van der Waals surface area contributed by atoms with Crippen molar-refractivity contribution in [1.82, 2.24) is 10.3 Å². The molecular formula is C27H24FN6O2S+. The lowest BCUT2D eigenvalue weighted by Gasteiger charge is -2.17. The van der Waals surface area contributed by atoms with Crippen molar-refractivity contribution in [3.05, 3.63) is 77.6 Å². The van der Waals surface area contributed by atoms with E-state index in [4.69, 9.17) is 15.2 Å². The SMILES string of the molecule is Nc1c(C(=O)Nc2c[n+](N3CCCCC3)no2)sc2nc(-c3ccccc3)cc(-c3cccc(F)c3)c12. The fourth-order valence-electron chi connectivity index (χ4n) is 4.61. The minimum Gasteiger partial charge on any atom is -0.397 e. The number of nitrogens with zero attached hydrogens (tertiary/aromatic N) is 4. The van der Waals surface area contributed by atoms with Crippen LogP contribution in [0.15, 0.2) is 71.4 Å². The summed E-state index contributed by atoms with van der Waals surface area (Å²) in [6, 6.07) is 17.9. The van der Waals surface area contributed by atoms with Gasteiger partial charge in [-0.2, -0.15) is 5.01 Å². The molecule has 4 heterocycles. The highest BCUT2D eigenvalue weighted by molar-refractivity contribution is 7.21. The molecule has 1 fully saturated rings. The predicted octanol–water partition coefficient (Wildman–Crippen LogP) is 5.00. The molecule has 3 aromatic heterocycles. The van der Waals surface area contributed by atoms with Gasteiger partial charge in [-0.1, -0.05) is 42.5 Å². The number of thiophene rings is 1. The number of anilines is 2. The number of pyridine rings is 1. The lowest BCUT2D eigenvalue weighted by molar-refractivity contribution is -0.759. The maximum absolute atomic E-state index is 14.2. The van der Waals surface area contributed by atoms with Crippen LogP contribution in [-0.2, 0) is 0 Å². The Bertz CT molecular complexity index is 1590. The Morgan fingerprint density at radius 1 is 1.05 bits per heavy atom. The molecule has 6 rings (SSSR count). The quantitative estimate of drug-likeness (QED) is 0.320. The average molecular weight is 516 g/mol. The third-order valence-electron chi connectivity index (χ3n) is 6.42. The molecular weight excluding hydrogens is 491 g/mol. The van der Waals surface area contributed by atoms with E-state index in [1.807, 2.05) is 42.5 Å². The van der Waals surface area contributed by atoms with E-state index in [1.165, 1.54) is 29.9 Å². The number of amides is 1. The molecule has 0 aliphatic carbocycles. The third kappa shape index (κ3) is 4.51. The molecule has 1 aliphatic heterocycles. The molecule has 37 heavy (non-hydrogen) atoms. The molecule has 0 unspecified atom stereocenters. The molecule has 0 spiro atoms. The lowest BCUT2D eigenvalue weighted by Crippen LogP contribution is -2.60. The van der Waals surface area contributed by atoms with Gasteiger partial charge < -0.3 is 5.73 Å². The van der Waals surface area contributed by atoms with E-state index in [2.05, 4.69) is 15.6 Å². The van der Waals surface area contributed by atoms with Crippen molar-refractivity contribution in [2.75, 3.05) is 29.1 Å². The minimum atomic E-state index is -0.422. The van der Waals surface area contributed by atoms with E-state index in [0.29, 0.717) is 31.9 Å². The molecule has 0 radical (unpaired) electrons. The molecule has 0 bridgehead atoms. The van der Waals surface area contributed by atoms with Gasteiger partial charge in [0, 0.05) is 10.9 Å². The highest BCUT2D eigenvalue weighted by Crippen LogP contribution is 2.41. The Hall–Kier alpha value is -4.31. The number of carbonyl (C=O) groups excluding carboxylic acids is 1. The van der Waals surface area contributed by atoms with Crippen LogP contribution in [0.2, 0.25) is 0 Å². The Morgan fingerprint density at radius 3 is 2.62 bits per heavy atom. The van der Waals surface area contributed by atoms with Gasteiger partial charge in [-0.15, -0.1) is 11.3 Å². The summed E-state index contributed by atoms with van der Waals surface area (Å²) in [5.74, 6) is -0.563. The first kappa shape index (κ1) is 23.1. The monoisotopic (exact) mass is 515 g/mol. The number of nitrogen functional groups attached to an aromatic ring is 1. The van der Waals surface area contributed by atoms with Crippen molar-refractivity contribution < 1.29 is 18.5 Å². The van der Waals surface area contributed by atoms with E-state index in [-0.39, 0.29) is 17.4 Å². The number of aromatic nitrogens is 3. The number of carbonyl (C=O) groups is 1. The van der Waals surface area contributed by atoms with Gasteiger partial charge in [0.1, 0.15) is 15.5 Å². The molecule has 10 heteroatoms. The number of piperidine rings is 1. The number of hydrogen-bond donors (Lipinski definition) is 2. The topological polar surface area (TPSA) is 101 Å². The Balaban J connectivity index is 1.39. The number of hydrogen-bond acceptors (Lipinski definition) is 7. The van der Waals surface area contributed by atoms with Crippen LogP contribution < -0.4 is 20.9 Å². The van der Waals surface area contributed by atoms with Crippen LogP contribution in [0.5, 0.6) is 0 Å². The summed E-state index contributed by atoms with van der Waals surface area (Å²) in [4.78, 5) is 20.6. The summed E-state index contributed by atoms with van der Waals surface area (Å²) >= 11 is 1.19. The van der Waals surface area contributed by atoms with Gasteiger partial charge in [-0.3, -0.25) is 14.6 Å². The second-order valence-electron chi connectivity index (χ2n) is 8.91. The standard InChI is InChI=1S/C27H23FN6O2S/c28-19-11-7-10-18(14-19)20-15-21(17-8-3-1-4-9-17)30-27-23(20)24(29)25(37-27)26(35)31-22-16-34(32-36-22)33-12-5-2-6-13-33/h1,3-4,7-11,14-16H,2,5-6,12-13H2,(H2-,29,31,32,35)/p+1. The van der Waals surface area contributed by atoms with Crippen molar-refractivity contribution in [3.63, 3.8) is 0 Å². The molecule has 5 aromatic rings. The van der Waals surface area contributed by atoms with Crippen molar-refractivity contribution in [2.24, 2.45) is 0 Å². The normalized spacial score (nSPS) is 13.7. The largest absolute Gasteiger partial charge is 0.397 e. The van der Waals surface area contributed by atoms with Gasteiger partial charge in [0.15, 0.2) is 0 Å². The summed E-state index contributed by atoms with van der Waals surface area (Å²) in [5.41, 5.74) is 9.79. The zero-order valence-corrected chi connectivity index (χ0v) is 20.7. The first-order valence-electron chi connectivity index (χ1n) is 12.1. The number of fused-ring (bicyclic) bond motifs is 1. The Labute approximate surface area is 216 Å². The van der Waals surface area contributed by atoms with Gasteiger partial charge in [0.05, 0.1) is 29.3 Å². The van der Waals surface area contributed by atoms with E-state index in [0.717, 1.165) is 31.5 Å². The first-order valence-corrected chi connectivity index (χ1v) is 12.9. The molecule has 1 aliphatic rings. The van der Waals surface area contributed by atoms with Crippen LogP contribution in [0.25, 0.3) is 32.6 Å². The maximum Gasteiger partial charge on any atom is 0.306 e. The highest BCUT2D eigenvalue weighted by atomic mass is 32.1. The van der Waals surface area contributed by atoms with Crippen LogP contribution in [0.4, 0.5) is 16.0 Å². The van der Waals surface area contributed by atoms with Gasteiger partial charge in [0.2, 0.25) is 5.27 Å². The Kier molecular flexibility index (Phi) is 6.01.